The van der Waals surface area contributed by atoms with Gasteiger partial charge in [0.25, 0.3) is 0 Å². The molecule has 1 aliphatic rings. The lowest BCUT2D eigenvalue weighted by molar-refractivity contribution is 0.0999. The maximum atomic E-state index is 11.2. The third-order valence-corrected chi connectivity index (χ3v) is 2.51. The van der Waals surface area contributed by atoms with Crippen LogP contribution in [0.15, 0.2) is 18.2 Å². The Morgan fingerprint density at radius 3 is 2.71 bits per heavy atom. The first kappa shape index (κ1) is 8.83. The molecule has 2 N–H and O–H groups in total. The molecule has 1 amide bonds. The van der Waals surface area contributed by atoms with E-state index in [4.69, 9.17) is 12.2 Å². The fraction of sp³-hybridized carbons (Fsp3) is 0.250. The van der Waals surface area contributed by atoms with E-state index in [9.17, 15) is 4.79 Å². The third-order valence-electron chi connectivity index (χ3n) is 2.51. The number of hydrogen-bond donors (Lipinski definition) is 1. The van der Waals surface area contributed by atoms with Gasteiger partial charge in [0.05, 0.1) is 0 Å². The van der Waals surface area contributed by atoms with Gasteiger partial charge < -0.3 is 5.73 Å². The van der Waals surface area contributed by atoms with Gasteiger partial charge in [0.1, 0.15) is 0 Å². The van der Waals surface area contributed by atoms with Gasteiger partial charge in [-0.2, -0.15) is 0 Å². The highest BCUT2D eigenvalue weighted by molar-refractivity contribution is 5.95. The molecule has 0 unspecified atom stereocenters. The first-order valence-electron chi connectivity index (χ1n) is 4.63. The predicted molar refractivity (Wildman–Crippen MR) is 54.9 cm³/mol. The van der Waals surface area contributed by atoms with Crippen molar-refractivity contribution in [2.75, 3.05) is 0 Å². The van der Waals surface area contributed by atoms with E-state index in [1.165, 1.54) is 0 Å². The minimum atomic E-state index is -0.385. The Hall–Kier alpha value is -1.75. The fourth-order valence-electron chi connectivity index (χ4n) is 1.72. The summed E-state index contributed by atoms with van der Waals surface area (Å²) in [4.78, 5) is 11.2. The van der Waals surface area contributed by atoms with Crippen LogP contribution in [0, 0.1) is 12.3 Å². The van der Waals surface area contributed by atoms with Crippen molar-refractivity contribution in [1.29, 1.82) is 0 Å². The molecule has 1 aromatic carbocycles. The molecule has 0 saturated heterocycles. The van der Waals surface area contributed by atoms with E-state index >= 15 is 0 Å². The maximum Gasteiger partial charge on any atom is 0.249 e. The number of rotatable bonds is 2. The lowest BCUT2D eigenvalue weighted by Gasteiger charge is -2.07. The van der Waals surface area contributed by atoms with E-state index in [-0.39, 0.29) is 5.91 Å². The summed E-state index contributed by atoms with van der Waals surface area (Å²) < 4.78 is 0. The van der Waals surface area contributed by atoms with Crippen LogP contribution in [0.25, 0.3) is 0 Å². The van der Waals surface area contributed by atoms with Crippen LogP contribution < -0.4 is 5.73 Å². The normalized spacial score (nSPS) is 14.8. The molecule has 2 nitrogen and oxygen atoms in total. The highest BCUT2D eigenvalue weighted by atomic mass is 16.1. The van der Waals surface area contributed by atoms with Gasteiger partial charge in [0.2, 0.25) is 5.91 Å². The summed E-state index contributed by atoms with van der Waals surface area (Å²) >= 11 is 0. The summed E-state index contributed by atoms with van der Waals surface area (Å²) in [5, 5.41) is 0. The molecule has 0 bridgehead atoms. The molecule has 1 aromatic rings. The van der Waals surface area contributed by atoms with Crippen LogP contribution in [0.1, 0.15) is 40.2 Å². The van der Waals surface area contributed by atoms with Crippen molar-refractivity contribution in [1.82, 2.24) is 0 Å². The van der Waals surface area contributed by atoms with Crippen LogP contribution in [0.4, 0.5) is 0 Å². The Morgan fingerprint density at radius 2 is 2.21 bits per heavy atom. The molecule has 1 saturated carbocycles. The van der Waals surface area contributed by atoms with Crippen molar-refractivity contribution < 1.29 is 4.79 Å². The van der Waals surface area contributed by atoms with Crippen LogP contribution >= 0.6 is 0 Å². The molecule has 0 aromatic heterocycles. The molecular weight excluding hydrogens is 174 g/mol. The van der Waals surface area contributed by atoms with Gasteiger partial charge in [-0.1, -0.05) is 12.0 Å². The van der Waals surface area contributed by atoms with Crippen LogP contribution in [0.2, 0.25) is 0 Å². The second kappa shape index (κ2) is 3.19. The molecule has 1 fully saturated rings. The van der Waals surface area contributed by atoms with Crippen LogP contribution in [-0.2, 0) is 0 Å². The lowest BCUT2D eigenvalue weighted by atomic mass is 9.97. The predicted octanol–water partition coefficient (Wildman–Crippen LogP) is 1.64. The van der Waals surface area contributed by atoms with Gasteiger partial charge in [-0.3, -0.25) is 4.79 Å². The molecule has 0 atom stereocenters. The first-order chi connectivity index (χ1) is 6.74. The smallest absolute Gasteiger partial charge is 0.249 e. The molecule has 0 spiro atoms. The van der Waals surface area contributed by atoms with Crippen LogP contribution in [0.5, 0.6) is 0 Å². The highest BCUT2D eigenvalue weighted by Gasteiger charge is 2.29. The van der Waals surface area contributed by atoms with Crippen molar-refractivity contribution in [2.24, 2.45) is 5.73 Å². The van der Waals surface area contributed by atoms with Gasteiger partial charge >= 0.3 is 0 Å². The van der Waals surface area contributed by atoms with Crippen molar-refractivity contribution in [3.8, 4) is 12.3 Å². The van der Waals surface area contributed by atoms with Crippen LogP contribution in [-0.4, -0.2) is 5.91 Å². The third kappa shape index (κ3) is 1.38. The van der Waals surface area contributed by atoms with Gasteiger partial charge in [-0.15, -0.1) is 6.42 Å². The summed E-state index contributed by atoms with van der Waals surface area (Å²) in [6.07, 6.45) is 7.60. The zero-order valence-electron chi connectivity index (χ0n) is 7.79. The Morgan fingerprint density at radius 1 is 1.50 bits per heavy atom. The molecular formula is C12H11NO. The van der Waals surface area contributed by atoms with E-state index in [2.05, 4.69) is 5.92 Å². The number of benzene rings is 1. The van der Waals surface area contributed by atoms with E-state index in [0.717, 1.165) is 24.0 Å². The zero-order valence-corrected chi connectivity index (χ0v) is 7.79. The summed E-state index contributed by atoms with van der Waals surface area (Å²) in [5.74, 6) is 2.67. The summed E-state index contributed by atoms with van der Waals surface area (Å²) in [6, 6.07) is 5.39. The van der Waals surface area contributed by atoms with Gasteiger partial charge in [0, 0.05) is 11.1 Å². The van der Waals surface area contributed by atoms with E-state index in [0.29, 0.717) is 11.5 Å². The fourth-order valence-corrected chi connectivity index (χ4v) is 1.72. The second-order valence-corrected chi connectivity index (χ2v) is 3.55. The summed E-state index contributed by atoms with van der Waals surface area (Å²) in [7, 11) is 0. The SMILES string of the molecule is C#Cc1cccc(C(N)=O)c1C1CC1. The summed E-state index contributed by atoms with van der Waals surface area (Å²) in [5.41, 5.74) is 7.67. The first-order valence-corrected chi connectivity index (χ1v) is 4.63. The zero-order chi connectivity index (χ0) is 10.1. The number of hydrogen-bond acceptors (Lipinski definition) is 1. The molecule has 0 radical (unpaired) electrons. The largest absolute Gasteiger partial charge is 0.366 e. The molecule has 1 aliphatic carbocycles. The maximum absolute atomic E-state index is 11.2. The number of carbonyl (C=O) groups is 1. The van der Waals surface area contributed by atoms with Gasteiger partial charge in [0.15, 0.2) is 0 Å². The number of amides is 1. The molecule has 2 rings (SSSR count). The van der Waals surface area contributed by atoms with E-state index < -0.39 is 0 Å². The van der Waals surface area contributed by atoms with E-state index in [1.54, 1.807) is 12.1 Å². The highest BCUT2D eigenvalue weighted by Crippen LogP contribution is 2.43. The van der Waals surface area contributed by atoms with E-state index in [1.807, 2.05) is 6.07 Å². The minimum Gasteiger partial charge on any atom is -0.366 e. The number of nitrogens with two attached hydrogens (primary N) is 1. The average molecular weight is 185 g/mol. The average Bonchev–Trinajstić information content (AvgIpc) is 2.99. The number of primary amides is 1. The quantitative estimate of drug-likeness (QED) is 0.699. The molecule has 70 valence electrons. The number of carbonyl (C=O) groups excluding carboxylic acids is 1. The lowest BCUT2D eigenvalue weighted by Crippen LogP contribution is -2.14. The topological polar surface area (TPSA) is 43.1 Å². The van der Waals surface area contributed by atoms with Crippen molar-refractivity contribution >= 4 is 5.91 Å². The van der Waals surface area contributed by atoms with Gasteiger partial charge in [-0.05, 0) is 36.5 Å². The molecule has 0 heterocycles. The monoisotopic (exact) mass is 185 g/mol. The second-order valence-electron chi connectivity index (χ2n) is 3.55. The van der Waals surface area contributed by atoms with Gasteiger partial charge in [-0.25, -0.2) is 0 Å². The van der Waals surface area contributed by atoms with Crippen LogP contribution in [0.3, 0.4) is 0 Å². The standard InChI is InChI=1S/C12H11NO/c1-2-8-4-3-5-10(12(13)14)11(8)9-6-7-9/h1,3-5,9H,6-7H2,(H2,13,14). The molecule has 14 heavy (non-hydrogen) atoms. The minimum absolute atomic E-state index is 0.385. The molecule has 0 aliphatic heterocycles. The molecule has 2 heteroatoms. The number of terminal acetylenes is 1. The summed E-state index contributed by atoms with van der Waals surface area (Å²) in [6.45, 7) is 0. The Labute approximate surface area is 83.1 Å². The Kier molecular flexibility index (Phi) is 2.01. The Bertz CT molecular complexity index is 424. The van der Waals surface area contributed by atoms with Crippen molar-refractivity contribution in [3.05, 3.63) is 34.9 Å². The van der Waals surface area contributed by atoms with Crippen molar-refractivity contribution in [2.45, 2.75) is 18.8 Å². The Balaban J connectivity index is 2.59. The van der Waals surface area contributed by atoms with Crippen molar-refractivity contribution in [3.63, 3.8) is 0 Å².